The zero-order valence-corrected chi connectivity index (χ0v) is 20.9. The van der Waals surface area contributed by atoms with Crippen LogP contribution in [0.25, 0.3) is 33.8 Å². The second-order valence-electron chi connectivity index (χ2n) is 10.2. The minimum Gasteiger partial charge on any atom is -0.333 e. The third-order valence-electron chi connectivity index (χ3n) is 8.13. The summed E-state index contributed by atoms with van der Waals surface area (Å²) in [4.78, 5) is 2.52. The molecule has 1 aliphatic carbocycles. The highest BCUT2D eigenvalue weighted by Gasteiger charge is 2.43. The molecule has 2 unspecified atom stereocenters. The summed E-state index contributed by atoms with van der Waals surface area (Å²) in [6.45, 7) is 0. The zero-order chi connectivity index (χ0) is 25.1. The van der Waals surface area contributed by atoms with Crippen LogP contribution in [0.2, 0.25) is 0 Å². The lowest BCUT2D eigenvalue weighted by Gasteiger charge is -2.31. The molecule has 0 saturated carbocycles. The average Bonchev–Trinajstić information content (AvgIpc) is 3.51. The van der Waals surface area contributed by atoms with Gasteiger partial charge in [0.2, 0.25) is 0 Å². The van der Waals surface area contributed by atoms with E-state index in [0.717, 1.165) is 0 Å². The number of anilines is 2. The fourth-order valence-electron chi connectivity index (χ4n) is 6.59. The van der Waals surface area contributed by atoms with Crippen molar-refractivity contribution in [2.75, 3.05) is 4.90 Å². The predicted molar refractivity (Wildman–Crippen MR) is 158 cm³/mol. The zero-order valence-electron chi connectivity index (χ0n) is 20.9. The maximum absolute atomic E-state index is 2.52. The van der Waals surface area contributed by atoms with E-state index < -0.39 is 0 Å². The first-order valence-electron chi connectivity index (χ1n) is 13.3. The molecule has 2 heterocycles. The Morgan fingerprint density at radius 3 is 2.11 bits per heavy atom. The van der Waals surface area contributed by atoms with Crippen LogP contribution in [0.5, 0.6) is 0 Å². The monoisotopic (exact) mass is 486 g/mol. The molecule has 1 aromatic heterocycles. The molecular weight excluding hydrogens is 460 g/mol. The Balaban J connectivity index is 1.37. The van der Waals surface area contributed by atoms with Crippen molar-refractivity contribution in [3.05, 3.63) is 156 Å². The van der Waals surface area contributed by atoms with Crippen molar-refractivity contribution >= 4 is 28.4 Å². The van der Waals surface area contributed by atoms with Gasteiger partial charge in [0.15, 0.2) is 0 Å². The topological polar surface area (TPSA) is 8.17 Å². The van der Waals surface area contributed by atoms with E-state index in [2.05, 4.69) is 155 Å². The Hall–Kier alpha value is -4.82. The minimum atomic E-state index is 0.234. The minimum absolute atomic E-state index is 0.234. The molecule has 0 N–H and O–H groups in total. The number of nitrogens with zero attached hydrogens (tertiary/aromatic N) is 2. The lowest BCUT2D eigenvalue weighted by atomic mass is 9.82. The fraction of sp³-hybridized carbons (Fsp3) is 0.0556. The standard InChI is InChI=1S/C36H26N2/c1-3-12-25(13-4-1)26-14-11-17-28(24-26)38-32-21-10-8-19-30(32)36-34(38)23-22-33-35(36)29-18-7-9-20-31(29)37(33)27-15-5-2-6-16-27/h1-24,33,35H. The van der Waals surface area contributed by atoms with Crippen molar-refractivity contribution in [1.29, 1.82) is 0 Å². The second kappa shape index (κ2) is 8.36. The van der Waals surface area contributed by atoms with Crippen LogP contribution in [0.1, 0.15) is 22.7 Å². The summed E-state index contributed by atoms with van der Waals surface area (Å²) in [5.41, 5.74) is 11.5. The predicted octanol–water partition coefficient (Wildman–Crippen LogP) is 8.98. The third-order valence-corrected chi connectivity index (χ3v) is 8.13. The van der Waals surface area contributed by atoms with Gasteiger partial charge in [-0.2, -0.15) is 0 Å². The van der Waals surface area contributed by atoms with E-state index in [1.807, 2.05) is 0 Å². The number of rotatable bonds is 3. The molecule has 8 rings (SSSR count). The van der Waals surface area contributed by atoms with E-state index in [9.17, 15) is 0 Å². The fourth-order valence-corrected chi connectivity index (χ4v) is 6.59. The van der Waals surface area contributed by atoms with Crippen LogP contribution in [0.4, 0.5) is 11.4 Å². The van der Waals surface area contributed by atoms with Crippen LogP contribution < -0.4 is 4.90 Å². The largest absolute Gasteiger partial charge is 0.333 e. The van der Waals surface area contributed by atoms with Crippen LogP contribution in [0.3, 0.4) is 0 Å². The summed E-state index contributed by atoms with van der Waals surface area (Å²) in [5.74, 6) is 0.259. The van der Waals surface area contributed by atoms with Crippen LogP contribution in [-0.4, -0.2) is 10.6 Å². The second-order valence-corrected chi connectivity index (χ2v) is 10.2. The summed E-state index contributed by atoms with van der Waals surface area (Å²) >= 11 is 0. The molecular formula is C36H26N2. The van der Waals surface area contributed by atoms with E-state index in [1.54, 1.807) is 0 Å². The number of aromatic nitrogens is 1. The van der Waals surface area contributed by atoms with Crippen LogP contribution in [0.15, 0.2) is 140 Å². The van der Waals surface area contributed by atoms with Gasteiger partial charge in [-0.3, -0.25) is 0 Å². The van der Waals surface area contributed by atoms with Gasteiger partial charge in [-0.1, -0.05) is 103 Å². The number of benzene rings is 5. The molecule has 0 spiro atoms. The molecule has 0 radical (unpaired) electrons. The number of fused-ring (bicyclic) bond motifs is 7. The first-order valence-corrected chi connectivity index (χ1v) is 13.3. The van der Waals surface area contributed by atoms with E-state index in [1.165, 1.54) is 55.9 Å². The molecule has 5 aromatic carbocycles. The first-order chi connectivity index (χ1) is 18.9. The summed E-state index contributed by atoms with van der Waals surface area (Å²) in [6.07, 6.45) is 4.77. The third kappa shape index (κ3) is 3.07. The Bertz CT molecular complexity index is 1830. The van der Waals surface area contributed by atoms with Gasteiger partial charge in [0.1, 0.15) is 0 Å². The molecule has 2 heteroatoms. The molecule has 0 amide bonds. The Kier molecular flexibility index (Phi) is 4.68. The van der Waals surface area contributed by atoms with Gasteiger partial charge in [-0.25, -0.2) is 0 Å². The van der Waals surface area contributed by atoms with Gasteiger partial charge < -0.3 is 9.47 Å². The summed E-state index contributed by atoms with van der Waals surface area (Å²) < 4.78 is 2.46. The Morgan fingerprint density at radius 2 is 1.24 bits per heavy atom. The van der Waals surface area contributed by atoms with E-state index in [-0.39, 0.29) is 12.0 Å². The highest BCUT2D eigenvalue weighted by molar-refractivity contribution is 5.94. The molecule has 38 heavy (non-hydrogen) atoms. The van der Waals surface area contributed by atoms with E-state index in [4.69, 9.17) is 0 Å². The Morgan fingerprint density at radius 1 is 0.553 bits per heavy atom. The van der Waals surface area contributed by atoms with Gasteiger partial charge in [0, 0.05) is 28.4 Å². The highest BCUT2D eigenvalue weighted by Crippen LogP contribution is 2.53. The number of hydrogen-bond donors (Lipinski definition) is 0. The van der Waals surface area contributed by atoms with E-state index >= 15 is 0 Å². The molecule has 6 aromatic rings. The van der Waals surface area contributed by atoms with Crippen molar-refractivity contribution < 1.29 is 0 Å². The van der Waals surface area contributed by atoms with Gasteiger partial charge in [0.25, 0.3) is 0 Å². The molecule has 1 aliphatic heterocycles. The summed E-state index contributed by atoms with van der Waals surface area (Å²) in [6, 6.07) is 48.5. The molecule has 2 nitrogen and oxygen atoms in total. The lowest BCUT2D eigenvalue weighted by molar-refractivity contribution is 0.725. The number of hydrogen-bond acceptors (Lipinski definition) is 1. The van der Waals surface area contributed by atoms with Gasteiger partial charge in [-0.15, -0.1) is 0 Å². The average molecular weight is 487 g/mol. The quantitative estimate of drug-likeness (QED) is 0.242. The normalized spacial score (nSPS) is 17.3. The first kappa shape index (κ1) is 21.3. The van der Waals surface area contributed by atoms with Crippen LogP contribution in [0, 0.1) is 0 Å². The van der Waals surface area contributed by atoms with E-state index in [0.29, 0.717) is 0 Å². The number of para-hydroxylation sites is 3. The molecule has 2 aliphatic rings. The highest BCUT2D eigenvalue weighted by atomic mass is 15.2. The smallest absolute Gasteiger partial charge is 0.0637 e. The molecule has 0 saturated heterocycles. The Labute approximate surface area is 222 Å². The van der Waals surface area contributed by atoms with Gasteiger partial charge in [0.05, 0.1) is 17.3 Å². The lowest BCUT2D eigenvalue weighted by Crippen LogP contribution is -2.30. The SMILES string of the molecule is C1=CC2C(c3ccccc3N2c2ccccc2)c2c1n(-c1cccc(-c3ccccc3)c1)c1ccccc21. The van der Waals surface area contributed by atoms with Crippen molar-refractivity contribution in [3.63, 3.8) is 0 Å². The van der Waals surface area contributed by atoms with Crippen LogP contribution >= 0.6 is 0 Å². The molecule has 0 fully saturated rings. The summed E-state index contributed by atoms with van der Waals surface area (Å²) in [5, 5.41) is 1.33. The molecule has 2 atom stereocenters. The maximum atomic E-state index is 2.52. The van der Waals surface area contributed by atoms with Crippen molar-refractivity contribution in [2.45, 2.75) is 12.0 Å². The summed E-state index contributed by atoms with van der Waals surface area (Å²) in [7, 11) is 0. The molecule has 0 bridgehead atoms. The van der Waals surface area contributed by atoms with Gasteiger partial charge >= 0.3 is 0 Å². The maximum Gasteiger partial charge on any atom is 0.0637 e. The molecule has 180 valence electrons. The van der Waals surface area contributed by atoms with Crippen molar-refractivity contribution in [2.24, 2.45) is 0 Å². The van der Waals surface area contributed by atoms with Gasteiger partial charge in [-0.05, 0) is 64.7 Å². The van der Waals surface area contributed by atoms with Crippen LogP contribution in [-0.2, 0) is 0 Å². The van der Waals surface area contributed by atoms with Crippen molar-refractivity contribution in [1.82, 2.24) is 4.57 Å². The van der Waals surface area contributed by atoms with Crippen molar-refractivity contribution in [3.8, 4) is 16.8 Å².